The van der Waals surface area contributed by atoms with Crippen molar-refractivity contribution in [1.82, 2.24) is 10.2 Å². The lowest BCUT2D eigenvalue weighted by molar-refractivity contribution is -0.143. The van der Waals surface area contributed by atoms with Gasteiger partial charge >= 0.3 is 0 Å². The average Bonchev–Trinajstić information content (AvgIpc) is 2.85. The van der Waals surface area contributed by atoms with Crippen LogP contribution in [0.5, 0.6) is 5.75 Å². The molecule has 0 aliphatic rings. The second kappa shape index (κ2) is 12.6. The lowest BCUT2D eigenvalue weighted by atomic mass is 10.1. The number of nitrogens with zero attached hydrogens (tertiary/aromatic N) is 1. The van der Waals surface area contributed by atoms with E-state index in [1.807, 2.05) is 74.5 Å². The van der Waals surface area contributed by atoms with Gasteiger partial charge in [-0.25, -0.2) is 0 Å². The third-order valence-electron chi connectivity index (χ3n) is 5.87. The molecule has 0 saturated carbocycles. The number of carbonyl (C=O) groups is 2. The van der Waals surface area contributed by atoms with Crippen LogP contribution in [0, 0.1) is 6.92 Å². The molecule has 1 N–H and O–H groups in total. The Morgan fingerprint density at radius 1 is 1.03 bits per heavy atom. The Bertz CT molecular complexity index is 1110. The fraction of sp³-hybridized carbons (Fsp3) is 0.357. The highest BCUT2D eigenvalue weighted by Crippen LogP contribution is 2.33. The van der Waals surface area contributed by atoms with Gasteiger partial charge in [0.05, 0.1) is 4.47 Å². The van der Waals surface area contributed by atoms with E-state index in [4.69, 9.17) is 4.74 Å². The highest BCUT2D eigenvalue weighted by atomic mass is 79.9. The predicted molar refractivity (Wildman–Crippen MR) is 141 cm³/mol. The van der Waals surface area contributed by atoms with Crippen molar-refractivity contribution >= 4 is 38.5 Å². The van der Waals surface area contributed by atoms with Crippen molar-refractivity contribution < 1.29 is 14.3 Å². The number of fused-ring (bicyclic) bond motifs is 1. The number of aryl methyl sites for hydroxylation is 1. The highest BCUT2D eigenvalue weighted by Gasteiger charge is 2.29. The van der Waals surface area contributed by atoms with Gasteiger partial charge in [-0.2, -0.15) is 0 Å². The number of ether oxygens (including phenoxy) is 1. The van der Waals surface area contributed by atoms with Crippen molar-refractivity contribution in [3.63, 3.8) is 0 Å². The topological polar surface area (TPSA) is 58.6 Å². The first-order valence-corrected chi connectivity index (χ1v) is 12.7. The zero-order valence-corrected chi connectivity index (χ0v) is 21.7. The lowest BCUT2D eigenvalue weighted by Gasteiger charge is -2.30. The number of unbranched alkanes of at least 4 members (excludes halogenated alkanes) is 1. The minimum atomic E-state index is -0.561. The summed E-state index contributed by atoms with van der Waals surface area (Å²) in [5.74, 6) is 0.254. The van der Waals surface area contributed by atoms with Gasteiger partial charge in [0.25, 0.3) is 5.91 Å². The first-order valence-electron chi connectivity index (χ1n) is 11.9. The van der Waals surface area contributed by atoms with E-state index in [2.05, 4.69) is 28.2 Å². The summed E-state index contributed by atoms with van der Waals surface area (Å²) in [4.78, 5) is 28.0. The SMILES string of the molecule is CCCCNC(=O)[C@H](CC)N(Cc1ccc(C)cc1)C(=O)COc1ccc2ccccc2c1Br. The van der Waals surface area contributed by atoms with E-state index in [-0.39, 0.29) is 18.4 Å². The monoisotopic (exact) mass is 524 g/mol. The molecule has 34 heavy (non-hydrogen) atoms. The van der Waals surface area contributed by atoms with Crippen LogP contribution in [0.2, 0.25) is 0 Å². The number of amides is 2. The number of nitrogens with one attached hydrogen (secondary N) is 1. The van der Waals surface area contributed by atoms with Gasteiger partial charge in [-0.05, 0) is 58.1 Å². The summed E-state index contributed by atoms with van der Waals surface area (Å²) in [6.07, 6.45) is 2.43. The van der Waals surface area contributed by atoms with Crippen molar-refractivity contribution in [3.8, 4) is 5.75 Å². The molecule has 0 aliphatic carbocycles. The van der Waals surface area contributed by atoms with Crippen LogP contribution in [0.1, 0.15) is 44.2 Å². The van der Waals surface area contributed by atoms with Crippen molar-refractivity contribution in [2.24, 2.45) is 0 Å². The van der Waals surface area contributed by atoms with Crippen LogP contribution in [-0.2, 0) is 16.1 Å². The van der Waals surface area contributed by atoms with E-state index < -0.39 is 6.04 Å². The van der Waals surface area contributed by atoms with Crippen LogP contribution in [0.25, 0.3) is 10.8 Å². The van der Waals surface area contributed by atoms with Crippen molar-refractivity contribution in [2.45, 2.75) is 52.6 Å². The zero-order valence-electron chi connectivity index (χ0n) is 20.1. The average molecular weight is 525 g/mol. The van der Waals surface area contributed by atoms with Crippen molar-refractivity contribution in [3.05, 3.63) is 76.3 Å². The summed E-state index contributed by atoms with van der Waals surface area (Å²) in [6.45, 7) is 6.85. The van der Waals surface area contributed by atoms with Gasteiger partial charge in [0, 0.05) is 13.1 Å². The fourth-order valence-corrected chi connectivity index (χ4v) is 4.47. The quantitative estimate of drug-likeness (QED) is 0.312. The molecule has 3 rings (SSSR count). The summed E-state index contributed by atoms with van der Waals surface area (Å²) in [5, 5.41) is 5.09. The maximum atomic E-state index is 13.4. The van der Waals surface area contributed by atoms with Gasteiger partial charge < -0.3 is 15.0 Å². The molecule has 0 saturated heterocycles. The van der Waals surface area contributed by atoms with Gasteiger partial charge in [0.1, 0.15) is 11.8 Å². The van der Waals surface area contributed by atoms with Gasteiger partial charge in [-0.15, -0.1) is 0 Å². The first kappa shape index (κ1) is 25.8. The summed E-state index contributed by atoms with van der Waals surface area (Å²) in [6, 6.07) is 19.3. The van der Waals surface area contributed by atoms with E-state index in [0.29, 0.717) is 25.3 Å². The van der Waals surface area contributed by atoms with E-state index >= 15 is 0 Å². The number of halogens is 1. The minimum absolute atomic E-state index is 0.122. The number of carbonyl (C=O) groups excluding carboxylic acids is 2. The third-order valence-corrected chi connectivity index (χ3v) is 6.69. The van der Waals surface area contributed by atoms with E-state index in [1.54, 1.807) is 4.90 Å². The molecule has 1 atom stereocenters. The summed E-state index contributed by atoms with van der Waals surface area (Å²) < 4.78 is 6.76. The minimum Gasteiger partial charge on any atom is -0.483 e. The third kappa shape index (κ3) is 6.60. The first-order chi connectivity index (χ1) is 16.4. The second-order valence-corrected chi connectivity index (χ2v) is 9.26. The van der Waals surface area contributed by atoms with Crippen LogP contribution in [0.3, 0.4) is 0 Å². The largest absolute Gasteiger partial charge is 0.483 e. The summed E-state index contributed by atoms with van der Waals surface area (Å²) in [7, 11) is 0. The second-order valence-electron chi connectivity index (χ2n) is 8.46. The number of hydrogen-bond acceptors (Lipinski definition) is 3. The maximum absolute atomic E-state index is 13.4. The number of hydrogen-bond donors (Lipinski definition) is 1. The predicted octanol–water partition coefficient (Wildman–Crippen LogP) is 6.01. The van der Waals surface area contributed by atoms with Gasteiger partial charge in [0.2, 0.25) is 5.91 Å². The number of benzene rings is 3. The molecule has 3 aromatic rings. The van der Waals surface area contributed by atoms with Gasteiger partial charge in [-0.3, -0.25) is 9.59 Å². The molecule has 0 aliphatic heterocycles. The Labute approximate surface area is 210 Å². The molecule has 6 heteroatoms. The summed E-state index contributed by atoms with van der Waals surface area (Å²) in [5.41, 5.74) is 2.13. The molecule has 0 unspecified atom stereocenters. The molecule has 0 bridgehead atoms. The van der Waals surface area contributed by atoms with Crippen LogP contribution < -0.4 is 10.1 Å². The normalized spacial score (nSPS) is 11.8. The molecule has 0 heterocycles. The summed E-state index contributed by atoms with van der Waals surface area (Å²) >= 11 is 3.62. The van der Waals surface area contributed by atoms with Crippen molar-refractivity contribution in [2.75, 3.05) is 13.2 Å². The Hall–Kier alpha value is -2.86. The van der Waals surface area contributed by atoms with Crippen LogP contribution in [0.4, 0.5) is 0 Å². The molecule has 0 fully saturated rings. The molecule has 0 spiro atoms. The standard InChI is InChI=1S/C28H33BrN2O3/c1-4-6-17-30-28(33)24(5-2)31(18-21-13-11-20(3)12-14-21)26(32)19-34-25-16-15-22-9-7-8-10-23(22)27(25)29/h7-16,24H,4-6,17-19H2,1-3H3,(H,30,33)/t24-/m0/s1. The Morgan fingerprint density at radius 3 is 2.47 bits per heavy atom. The van der Waals surface area contributed by atoms with E-state index in [1.165, 1.54) is 0 Å². The van der Waals surface area contributed by atoms with Crippen LogP contribution in [-0.4, -0.2) is 35.9 Å². The molecular weight excluding hydrogens is 492 g/mol. The Balaban J connectivity index is 1.79. The molecular formula is C28H33BrN2O3. The van der Waals surface area contributed by atoms with E-state index in [0.717, 1.165) is 39.2 Å². The molecule has 5 nitrogen and oxygen atoms in total. The van der Waals surface area contributed by atoms with Gasteiger partial charge in [-0.1, -0.05) is 80.4 Å². The fourth-order valence-electron chi connectivity index (χ4n) is 3.86. The van der Waals surface area contributed by atoms with Crippen molar-refractivity contribution in [1.29, 1.82) is 0 Å². The molecule has 2 amide bonds. The molecule has 0 aromatic heterocycles. The van der Waals surface area contributed by atoms with E-state index in [9.17, 15) is 9.59 Å². The Morgan fingerprint density at radius 2 is 1.76 bits per heavy atom. The molecule has 0 radical (unpaired) electrons. The van der Waals surface area contributed by atoms with Gasteiger partial charge in [0.15, 0.2) is 6.61 Å². The highest BCUT2D eigenvalue weighted by molar-refractivity contribution is 9.10. The maximum Gasteiger partial charge on any atom is 0.261 e. The number of rotatable bonds is 11. The van der Waals surface area contributed by atoms with Crippen LogP contribution in [0.15, 0.2) is 65.1 Å². The lowest BCUT2D eigenvalue weighted by Crippen LogP contribution is -2.50. The van der Waals surface area contributed by atoms with Crippen LogP contribution >= 0.6 is 15.9 Å². The Kier molecular flexibility index (Phi) is 9.52. The smallest absolute Gasteiger partial charge is 0.261 e. The molecule has 3 aromatic carbocycles. The molecule has 180 valence electrons. The zero-order chi connectivity index (χ0) is 24.5.